The van der Waals surface area contributed by atoms with Crippen molar-refractivity contribution in [2.24, 2.45) is 0 Å². The summed E-state index contributed by atoms with van der Waals surface area (Å²) in [5.41, 5.74) is 1.30. The Morgan fingerprint density at radius 1 is 1.33 bits per heavy atom. The molecular weight excluding hydrogens is 238 g/mol. The van der Waals surface area contributed by atoms with Crippen molar-refractivity contribution in [3.8, 4) is 0 Å². The van der Waals surface area contributed by atoms with Gasteiger partial charge in [-0.15, -0.1) is 5.06 Å². The van der Waals surface area contributed by atoms with Crippen LogP contribution >= 0.6 is 0 Å². The molecule has 0 aliphatic carbocycles. The normalized spacial score (nSPS) is 16.1. The van der Waals surface area contributed by atoms with Crippen LogP contribution in [0.1, 0.15) is 26.3 Å². The first-order valence-corrected chi connectivity index (χ1v) is 5.46. The maximum Gasteiger partial charge on any atom is 0.286 e. The summed E-state index contributed by atoms with van der Waals surface area (Å²) >= 11 is 0. The van der Waals surface area contributed by atoms with Crippen LogP contribution in [0.15, 0.2) is 18.2 Å². The Bertz CT molecular complexity index is 499. The van der Waals surface area contributed by atoms with Gasteiger partial charge in [0, 0.05) is 0 Å². The second-order valence-corrected chi connectivity index (χ2v) is 4.03. The van der Waals surface area contributed by atoms with Crippen molar-refractivity contribution in [1.82, 2.24) is 5.06 Å². The molecular formula is C12H13NO5. The van der Waals surface area contributed by atoms with Gasteiger partial charge in [0.05, 0.1) is 17.7 Å². The zero-order valence-electron chi connectivity index (χ0n) is 9.79. The lowest BCUT2D eigenvalue weighted by Gasteiger charge is -2.15. The van der Waals surface area contributed by atoms with E-state index in [2.05, 4.69) is 0 Å². The zero-order chi connectivity index (χ0) is 13.3. The molecule has 1 heterocycles. The van der Waals surface area contributed by atoms with Gasteiger partial charge in [0.1, 0.15) is 12.7 Å². The van der Waals surface area contributed by atoms with E-state index in [0.717, 1.165) is 0 Å². The molecule has 0 saturated heterocycles. The van der Waals surface area contributed by atoms with Gasteiger partial charge in [-0.05, 0) is 18.6 Å². The summed E-state index contributed by atoms with van der Waals surface area (Å²) in [5, 5.41) is 18.4. The highest BCUT2D eigenvalue weighted by atomic mass is 16.7. The summed E-state index contributed by atoms with van der Waals surface area (Å²) in [4.78, 5) is 28.8. The molecule has 2 rings (SSSR count). The Balaban J connectivity index is 2.21. The largest absolute Gasteiger partial charge is 0.394 e. The van der Waals surface area contributed by atoms with Gasteiger partial charge >= 0.3 is 0 Å². The average Bonchev–Trinajstić information content (AvgIpc) is 2.60. The van der Waals surface area contributed by atoms with Gasteiger partial charge in [0.2, 0.25) is 0 Å². The summed E-state index contributed by atoms with van der Waals surface area (Å²) in [6, 6.07) is 4.97. The maximum absolute atomic E-state index is 12.0. The third-order valence-corrected chi connectivity index (χ3v) is 2.69. The number of imide groups is 1. The molecule has 1 aliphatic heterocycles. The molecule has 1 atom stereocenters. The molecule has 1 unspecified atom stereocenters. The molecule has 0 bridgehead atoms. The fourth-order valence-corrected chi connectivity index (χ4v) is 1.76. The van der Waals surface area contributed by atoms with E-state index in [9.17, 15) is 9.59 Å². The number of carbonyl (C=O) groups is 2. The second-order valence-electron chi connectivity index (χ2n) is 4.03. The van der Waals surface area contributed by atoms with Crippen molar-refractivity contribution < 1.29 is 24.6 Å². The molecule has 1 aromatic rings. The van der Waals surface area contributed by atoms with Gasteiger partial charge in [0.25, 0.3) is 11.8 Å². The zero-order valence-corrected chi connectivity index (χ0v) is 9.79. The number of nitrogens with zero attached hydrogens (tertiary/aromatic N) is 1. The first-order chi connectivity index (χ1) is 8.56. The minimum atomic E-state index is -1.13. The summed E-state index contributed by atoms with van der Waals surface area (Å²) in [6.45, 7) is 0.916. The molecule has 96 valence electrons. The lowest BCUT2D eigenvalue weighted by Crippen LogP contribution is -2.34. The molecule has 0 saturated carbocycles. The van der Waals surface area contributed by atoms with E-state index in [0.29, 0.717) is 21.8 Å². The summed E-state index contributed by atoms with van der Waals surface area (Å²) in [7, 11) is 0. The summed E-state index contributed by atoms with van der Waals surface area (Å²) < 4.78 is 0. The van der Waals surface area contributed by atoms with Crippen LogP contribution in [0.5, 0.6) is 0 Å². The molecule has 1 aromatic carbocycles. The highest BCUT2D eigenvalue weighted by Crippen LogP contribution is 2.25. The van der Waals surface area contributed by atoms with E-state index in [1.54, 1.807) is 25.1 Å². The standard InChI is InChI=1S/C12H13NO5/c1-7-3-2-4-9-10(7)12(17)13(11(9)16)18-6-8(15)5-14/h2-4,8,14-15H,5-6H2,1H3. The van der Waals surface area contributed by atoms with Gasteiger partial charge in [0.15, 0.2) is 0 Å². The number of hydroxylamine groups is 2. The highest BCUT2D eigenvalue weighted by Gasteiger charge is 2.38. The Morgan fingerprint density at radius 2 is 2.06 bits per heavy atom. The van der Waals surface area contributed by atoms with Crippen molar-refractivity contribution in [2.75, 3.05) is 13.2 Å². The second kappa shape index (κ2) is 4.85. The van der Waals surface area contributed by atoms with E-state index in [-0.39, 0.29) is 6.61 Å². The Kier molecular flexibility index (Phi) is 3.42. The van der Waals surface area contributed by atoms with E-state index in [1.807, 2.05) is 0 Å². The Labute approximate surface area is 103 Å². The third-order valence-electron chi connectivity index (χ3n) is 2.69. The van der Waals surface area contributed by atoms with Crippen LogP contribution in [0.4, 0.5) is 0 Å². The molecule has 0 radical (unpaired) electrons. The minimum Gasteiger partial charge on any atom is -0.394 e. The van der Waals surface area contributed by atoms with Crippen LogP contribution < -0.4 is 0 Å². The number of rotatable bonds is 4. The molecule has 6 heteroatoms. The van der Waals surface area contributed by atoms with Crippen molar-refractivity contribution in [1.29, 1.82) is 0 Å². The van der Waals surface area contributed by atoms with Gasteiger partial charge in [-0.25, -0.2) is 0 Å². The summed E-state index contributed by atoms with van der Waals surface area (Å²) in [6.07, 6.45) is -1.13. The number of benzene rings is 1. The molecule has 1 aliphatic rings. The number of amides is 2. The van der Waals surface area contributed by atoms with Crippen molar-refractivity contribution >= 4 is 11.8 Å². The first-order valence-electron chi connectivity index (χ1n) is 5.46. The van der Waals surface area contributed by atoms with Gasteiger partial charge in [-0.3, -0.25) is 14.4 Å². The predicted octanol–water partition coefficient (Wildman–Crippen LogP) is -0.124. The number of hydrogen-bond donors (Lipinski definition) is 2. The van der Waals surface area contributed by atoms with E-state index >= 15 is 0 Å². The third kappa shape index (κ3) is 2.01. The number of aryl methyl sites for hydroxylation is 1. The van der Waals surface area contributed by atoms with Crippen molar-refractivity contribution in [3.63, 3.8) is 0 Å². The molecule has 6 nitrogen and oxygen atoms in total. The van der Waals surface area contributed by atoms with E-state index in [4.69, 9.17) is 15.1 Å². The fourth-order valence-electron chi connectivity index (χ4n) is 1.76. The van der Waals surface area contributed by atoms with Crippen LogP contribution in [-0.2, 0) is 4.84 Å². The Morgan fingerprint density at radius 3 is 2.67 bits per heavy atom. The van der Waals surface area contributed by atoms with Crippen molar-refractivity contribution in [2.45, 2.75) is 13.0 Å². The molecule has 0 spiro atoms. The quantitative estimate of drug-likeness (QED) is 0.728. The SMILES string of the molecule is Cc1cccc2c1C(=O)N(OCC(O)CO)C2=O. The predicted molar refractivity (Wildman–Crippen MR) is 60.7 cm³/mol. The molecule has 18 heavy (non-hydrogen) atoms. The first kappa shape index (κ1) is 12.7. The topological polar surface area (TPSA) is 87.1 Å². The fraction of sp³-hybridized carbons (Fsp3) is 0.333. The van der Waals surface area contributed by atoms with Crippen LogP contribution in [-0.4, -0.2) is 46.4 Å². The molecule has 2 N–H and O–H groups in total. The van der Waals surface area contributed by atoms with Gasteiger partial charge in [-0.2, -0.15) is 0 Å². The monoisotopic (exact) mass is 251 g/mol. The average molecular weight is 251 g/mol. The molecule has 0 aromatic heterocycles. The van der Waals surface area contributed by atoms with Gasteiger partial charge < -0.3 is 10.2 Å². The van der Waals surface area contributed by atoms with Crippen LogP contribution in [0.2, 0.25) is 0 Å². The highest BCUT2D eigenvalue weighted by molar-refractivity contribution is 6.21. The van der Waals surface area contributed by atoms with Crippen LogP contribution in [0.25, 0.3) is 0 Å². The minimum absolute atomic E-state index is 0.290. The Hall–Kier alpha value is -1.76. The lowest BCUT2D eigenvalue weighted by molar-refractivity contribution is -0.121. The van der Waals surface area contributed by atoms with Gasteiger partial charge in [-0.1, -0.05) is 12.1 Å². The number of aliphatic hydroxyl groups excluding tert-OH is 2. The van der Waals surface area contributed by atoms with Crippen LogP contribution in [0, 0.1) is 6.92 Å². The number of fused-ring (bicyclic) bond motifs is 1. The maximum atomic E-state index is 12.0. The summed E-state index contributed by atoms with van der Waals surface area (Å²) in [5.74, 6) is -1.10. The smallest absolute Gasteiger partial charge is 0.286 e. The molecule has 2 amide bonds. The van der Waals surface area contributed by atoms with E-state index in [1.165, 1.54) is 0 Å². The lowest BCUT2D eigenvalue weighted by atomic mass is 10.0. The van der Waals surface area contributed by atoms with E-state index < -0.39 is 24.5 Å². The number of hydrogen-bond acceptors (Lipinski definition) is 5. The van der Waals surface area contributed by atoms with Crippen molar-refractivity contribution in [3.05, 3.63) is 34.9 Å². The number of aliphatic hydroxyl groups is 2. The molecule has 0 fully saturated rings. The number of carbonyl (C=O) groups excluding carboxylic acids is 2. The van der Waals surface area contributed by atoms with Crippen LogP contribution in [0.3, 0.4) is 0 Å².